The summed E-state index contributed by atoms with van der Waals surface area (Å²) < 4.78 is 27.1. The maximum Gasteiger partial charge on any atom is 0.339 e. The van der Waals surface area contributed by atoms with Gasteiger partial charge in [0.25, 0.3) is 5.91 Å². The second kappa shape index (κ2) is 10.0. The summed E-state index contributed by atoms with van der Waals surface area (Å²) in [4.78, 5) is 46.3. The van der Waals surface area contributed by atoms with Crippen molar-refractivity contribution in [3.05, 3.63) is 59.2 Å². The number of carbonyl (C=O) groups excluding carboxylic acids is 2. The van der Waals surface area contributed by atoms with E-state index in [4.69, 9.17) is 10.2 Å². The fourth-order valence-electron chi connectivity index (χ4n) is 2.69. The predicted octanol–water partition coefficient (Wildman–Crippen LogP) is 0.685. The number of phenols is 1. The Kier molecular flexibility index (Phi) is 7.67. The monoisotopic (exact) mass is 464 g/mol. The molecule has 170 valence electrons. The highest BCUT2D eigenvalue weighted by Gasteiger charge is 2.21. The van der Waals surface area contributed by atoms with Gasteiger partial charge in [0.05, 0.1) is 11.4 Å². The molecule has 0 spiro atoms. The molecule has 4 N–H and O–H groups in total. The first-order valence-corrected chi connectivity index (χ1v) is 10.5. The van der Waals surface area contributed by atoms with Crippen LogP contribution in [0.25, 0.3) is 0 Å². The maximum atomic E-state index is 12.5. The quantitative estimate of drug-likeness (QED) is 0.393. The predicted molar refractivity (Wildman–Crippen MR) is 110 cm³/mol. The topological polar surface area (TPSA) is 178 Å². The van der Waals surface area contributed by atoms with Gasteiger partial charge in [-0.15, -0.1) is 0 Å². The van der Waals surface area contributed by atoms with E-state index in [1.165, 1.54) is 31.2 Å². The number of ketones is 1. The number of aromatic carboxylic acids is 1. The Hall–Kier alpha value is -3.77. The molecule has 2 aromatic carbocycles. The molecule has 0 saturated carbocycles. The van der Waals surface area contributed by atoms with Gasteiger partial charge in [-0.3, -0.25) is 14.4 Å². The van der Waals surface area contributed by atoms with Gasteiger partial charge in [-0.25, -0.2) is 17.9 Å². The Morgan fingerprint density at radius 1 is 0.969 bits per heavy atom. The SMILES string of the molecule is CC(=O)CN(CC(=O)O)C(=O)c1ccc(CNS(=O)(=O)c2ccc(O)c(C(=O)O)c2)cc1. The average Bonchev–Trinajstić information content (AvgIpc) is 2.71. The van der Waals surface area contributed by atoms with E-state index >= 15 is 0 Å². The van der Waals surface area contributed by atoms with Crippen LogP contribution in [0.4, 0.5) is 0 Å². The first-order valence-electron chi connectivity index (χ1n) is 9.06. The molecule has 12 heteroatoms. The number of nitrogens with one attached hydrogen (secondary N) is 1. The summed E-state index contributed by atoms with van der Waals surface area (Å²) in [5.41, 5.74) is 0.00896. The maximum absolute atomic E-state index is 12.5. The fourth-order valence-corrected chi connectivity index (χ4v) is 3.74. The summed E-state index contributed by atoms with van der Waals surface area (Å²) in [6.45, 7) is 0.0276. The lowest BCUT2D eigenvalue weighted by atomic mass is 10.1. The van der Waals surface area contributed by atoms with E-state index in [9.17, 15) is 32.7 Å². The molecule has 0 aliphatic heterocycles. The van der Waals surface area contributed by atoms with E-state index < -0.39 is 45.7 Å². The summed E-state index contributed by atoms with van der Waals surface area (Å²) >= 11 is 0. The zero-order valence-corrected chi connectivity index (χ0v) is 17.6. The van der Waals surface area contributed by atoms with E-state index in [1.54, 1.807) is 0 Å². The van der Waals surface area contributed by atoms with E-state index in [0.717, 1.165) is 23.1 Å². The number of Topliss-reactive ketones (excluding diaryl/α,β-unsaturated/α-hetero) is 1. The molecule has 0 bridgehead atoms. The van der Waals surface area contributed by atoms with Crippen LogP contribution in [-0.2, 0) is 26.2 Å². The summed E-state index contributed by atoms with van der Waals surface area (Å²) in [7, 11) is -4.10. The summed E-state index contributed by atoms with van der Waals surface area (Å²) in [5, 5.41) is 27.4. The van der Waals surface area contributed by atoms with Crippen molar-refractivity contribution >= 4 is 33.7 Å². The number of sulfonamides is 1. The summed E-state index contributed by atoms with van der Waals surface area (Å²) in [6.07, 6.45) is 0. The molecule has 0 unspecified atom stereocenters. The molecule has 1 amide bonds. The van der Waals surface area contributed by atoms with Crippen molar-refractivity contribution in [3.8, 4) is 5.75 Å². The molecular formula is C20H20N2O9S. The Bertz CT molecular complexity index is 1140. The summed E-state index contributed by atoms with van der Waals surface area (Å²) in [6, 6.07) is 8.46. The minimum Gasteiger partial charge on any atom is -0.507 e. The molecule has 0 aromatic heterocycles. The van der Waals surface area contributed by atoms with Crippen LogP contribution in [-0.4, -0.2) is 65.4 Å². The van der Waals surface area contributed by atoms with Crippen LogP contribution >= 0.6 is 0 Å². The number of carboxylic acids is 2. The van der Waals surface area contributed by atoms with Crippen molar-refractivity contribution in [2.75, 3.05) is 13.1 Å². The van der Waals surface area contributed by atoms with Crippen LogP contribution in [0.5, 0.6) is 5.75 Å². The molecule has 2 aromatic rings. The van der Waals surface area contributed by atoms with Gasteiger partial charge in [0.1, 0.15) is 23.6 Å². The molecule has 0 atom stereocenters. The highest BCUT2D eigenvalue weighted by Crippen LogP contribution is 2.21. The second-order valence-corrected chi connectivity index (χ2v) is 8.53. The van der Waals surface area contributed by atoms with E-state index in [0.29, 0.717) is 5.56 Å². The first-order chi connectivity index (χ1) is 14.9. The van der Waals surface area contributed by atoms with Crippen LogP contribution in [0.15, 0.2) is 47.4 Å². The third-order valence-electron chi connectivity index (χ3n) is 4.20. The molecule has 0 heterocycles. The van der Waals surface area contributed by atoms with Gasteiger partial charge in [0.15, 0.2) is 0 Å². The Labute approximate surface area is 183 Å². The van der Waals surface area contributed by atoms with Crippen LogP contribution in [0, 0.1) is 0 Å². The first kappa shape index (κ1) is 24.5. The largest absolute Gasteiger partial charge is 0.507 e. The number of carboxylic acid groups (broad SMARTS) is 2. The Balaban J connectivity index is 2.13. The van der Waals surface area contributed by atoms with Crippen LogP contribution < -0.4 is 4.72 Å². The molecular weight excluding hydrogens is 444 g/mol. The highest BCUT2D eigenvalue weighted by atomic mass is 32.2. The standard InChI is InChI=1S/C20H20N2O9S/c1-12(23)10-22(11-18(25)26)19(27)14-4-2-13(3-5-14)9-21-32(30,31)15-6-7-17(24)16(8-15)20(28)29/h2-8,21,24H,9-11H2,1H3,(H,25,26)(H,28,29). The molecule has 2 rings (SSSR count). The number of hydrogen-bond acceptors (Lipinski definition) is 7. The number of aromatic hydroxyl groups is 1. The zero-order chi connectivity index (χ0) is 24.1. The minimum absolute atomic E-state index is 0.115. The lowest BCUT2D eigenvalue weighted by molar-refractivity contribution is -0.137. The average molecular weight is 464 g/mol. The number of carbonyl (C=O) groups is 4. The number of rotatable bonds is 10. The molecule has 0 aliphatic carbocycles. The van der Waals surface area contributed by atoms with Crippen molar-refractivity contribution in [1.82, 2.24) is 9.62 Å². The van der Waals surface area contributed by atoms with Gasteiger partial charge < -0.3 is 20.2 Å². The lowest BCUT2D eigenvalue weighted by Crippen LogP contribution is -2.38. The van der Waals surface area contributed by atoms with Gasteiger partial charge >= 0.3 is 11.9 Å². The Morgan fingerprint density at radius 3 is 2.12 bits per heavy atom. The lowest BCUT2D eigenvalue weighted by Gasteiger charge is -2.19. The Morgan fingerprint density at radius 2 is 1.59 bits per heavy atom. The van der Waals surface area contributed by atoms with Gasteiger partial charge in [0, 0.05) is 12.1 Å². The molecule has 11 nitrogen and oxygen atoms in total. The minimum atomic E-state index is -4.10. The number of hydrogen-bond donors (Lipinski definition) is 4. The normalized spacial score (nSPS) is 11.0. The van der Waals surface area contributed by atoms with Crippen molar-refractivity contribution in [2.24, 2.45) is 0 Å². The molecule has 32 heavy (non-hydrogen) atoms. The van der Waals surface area contributed by atoms with Crippen molar-refractivity contribution in [3.63, 3.8) is 0 Å². The van der Waals surface area contributed by atoms with Gasteiger partial charge in [-0.05, 0) is 42.8 Å². The van der Waals surface area contributed by atoms with Gasteiger partial charge in [0.2, 0.25) is 10.0 Å². The van der Waals surface area contributed by atoms with Gasteiger partial charge in [-0.1, -0.05) is 12.1 Å². The molecule has 0 fully saturated rings. The number of nitrogens with zero attached hydrogens (tertiary/aromatic N) is 1. The van der Waals surface area contributed by atoms with Crippen LogP contribution in [0.1, 0.15) is 33.2 Å². The molecule has 0 aliphatic rings. The van der Waals surface area contributed by atoms with E-state index in [1.807, 2.05) is 0 Å². The molecule has 0 radical (unpaired) electrons. The molecule has 0 saturated heterocycles. The highest BCUT2D eigenvalue weighted by molar-refractivity contribution is 7.89. The van der Waals surface area contributed by atoms with Crippen molar-refractivity contribution in [1.29, 1.82) is 0 Å². The number of aliphatic carboxylic acids is 1. The zero-order valence-electron chi connectivity index (χ0n) is 16.8. The van der Waals surface area contributed by atoms with Gasteiger partial charge in [-0.2, -0.15) is 0 Å². The fraction of sp³-hybridized carbons (Fsp3) is 0.200. The summed E-state index contributed by atoms with van der Waals surface area (Å²) in [5.74, 6) is -4.38. The van der Waals surface area contributed by atoms with Crippen LogP contribution in [0.2, 0.25) is 0 Å². The van der Waals surface area contributed by atoms with Crippen molar-refractivity contribution < 1.29 is 42.9 Å². The number of benzene rings is 2. The smallest absolute Gasteiger partial charge is 0.339 e. The second-order valence-electron chi connectivity index (χ2n) is 6.76. The van der Waals surface area contributed by atoms with E-state index in [2.05, 4.69) is 4.72 Å². The third-order valence-corrected chi connectivity index (χ3v) is 5.60. The van der Waals surface area contributed by atoms with E-state index in [-0.39, 0.29) is 29.3 Å². The third kappa shape index (κ3) is 6.36. The van der Waals surface area contributed by atoms with Crippen LogP contribution in [0.3, 0.4) is 0 Å². The number of amides is 1. The van der Waals surface area contributed by atoms with Crippen molar-refractivity contribution in [2.45, 2.75) is 18.4 Å².